The Morgan fingerprint density at radius 3 is 1.55 bits per heavy atom. The normalized spacial score (nSPS) is 13.1. The van der Waals surface area contributed by atoms with Gasteiger partial charge in [0.2, 0.25) is 0 Å². The van der Waals surface area contributed by atoms with Crippen LogP contribution >= 0.6 is 11.6 Å². The van der Waals surface area contributed by atoms with Crippen molar-refractivity contribution in [1.29, 1.82) is 0 Å². The molecule has 1 unspecified atom stereocenters. The predicted octanol–water partition coefficient (Wildman–Crippen LogP) is 7.50. The summed E-state index contributed by atoms with van der Waals surface area (Å²) in [7, 11) is 0. The lowest BCUT2D eigenvalue weighted by Crippen LogP contribution is -2.30. The molecule has 3 N–H and O–H groups in total. The third-order valence-corrected chi connectivity index (χ3v) is 5.27. The molecule has 0 rings (SSSR count). The van der Waals surface area contributed by atoms with Gasteiger partial charge in [-0.05, 0) is 25.2 Å². The van der Waals surface area contributed by atoms with Crippen molar-refractivity contribution in [3.05, 3.63) is 0 Å². The van der Waals surface area contributed by atoms with E-state index in [2.05, 4.69) is 27.7 Å². The van der Waals surface area contributed by atoms with Gasteiger partial charge in [-0.15, -0.1) is 11.6 Å². The van der Waals surface area contributed by atoms with E-state index in [0.717, 1.165) is 0 Å². The first-order valence-corrected chi connectivity index (χ1v) is 9.17. The summed E-state index contributed by atoms with van der Waals surface area (Å²) >= 11 is 7.04. The van der Waals surface area contributed by atoms with Crippen LogP contribution in [0.1, 0.15) is 105 Å². The van der Waals surface area contributed by atoms with Gasteiger partial charge in [0.15, 0.2) is 0 Å². The Bertz CT molecular complexity index is 184. The fourth-order valence-electron chi connectivity index (χ4n) is 2.91. The SMILES string of the molecule is CCCCCC(C)C(Cl)(CCCCC)CCCCC.N. The lowest BCUT2D eigenvalue weighted by molar-refractivity contribution is 0.307. The summed E-state index contributed by atoms with van der Waals surface area (Å²) in [6, 6.07) is 0. The van der Waals surface area contributed by atoms with E-state index >= 15 is 0 Å². The van der Waals surface area contributed by atoms with Crippen LogP contribution in [0.3, 0.4) is 0 Å². The molecule has 0 aromatic rings. The van der Waals surface area contributed by atoms with Crippen LogP contribution in [-0.2, 0) is 0 Å². The lowest BCUT2D eigenvalue weighted by Gasteiger charge is -2.34. The third kappa shape index (κ3) is 10.0. The number of hydrogen-bond acceptors (Lipinski definition) is 1. The molecule has 0 aromatic heterocycles. The zero-order valence-electron chi connectivity index (χ0n) is 14.6. The van der Waals surface area contributed by atoms with Crippen molar-refractivity contribution >= 4 is 11.6 Å². The van der Waals surface area contributed by atoms with Gasteiger partial charge in [0.1, 0.15) is 0 Å². The van der Waals surface area contributed by atoms with Gasteiger partial charge in [-0.1, -0.05) is 85.5 Å². The number of halogens is 1. The van der Waals surface area contributed by atoms with Crippen molar-refractivity contribution in [1.82, 2.24) is 6.15 Å². The summed E-state index contributed by atoms with van der Waals surface area (Å²) in [5.74, 6) is 0.675. The Balaban J connectivity index is 0. The molecule has 20 heavy (non-hydrogen) atoms. The molecule has 2 heteroatoms. The number of hydrogen-bond donors (Lipinski definition) is 1. The zero-order chi connectivity index (χ0) is 14.6. The van der Waals surface area contributed by atoms with Gasteiger partial charge in [-0.3, -0.25) is 0 Å². The molecule has 0 bridgehead atoms. The van der Waals surface area contributed by atoms with Gasteiger partial charge in [-0.25, -0.2) is 0 Å². The minimum Gasteiger partial charge on any atom is -0.344 e. The summed E-state index contributed by atoms with van der Waals surface area (Å²) in [5.41, 5.74) is 0. The van der Waals surface area contributed by atoms with Gasteiger partial charge >= 0.3 is 0 Å². The second-order valence-electron chi connectivity index (χ2n) is 6.35. The molecular weight excluding hydrogens is 266 g/mol. The molecule has 0 spiro atoms. The van der Waals surface area contributed by atoms with Crippen molar-refractivity contribution in [3.63, 3.8) is 0 Å². The minimum atomic E-state index is 0. The maximum atomic E-state index is 7.04. The van der Waals surface area contributed by atoms with Gasteiger partial charge in [0.25, 0.3) is 0 Å². The Morgan fingerprint density at radius 1 is 0.750 bits per heavy atom. The molecule has 0 saturated carbocycles. The average Bonchev–Trinajstić information content (AvgIpc) is 2.39. The van der Waals surface area contributed by atoms with Crippen LogP contribution in [0.25, 0.3) is 0 Å². The second kappa shape index (κ2) is 14.2. The van der Waals surface area contributed by atoms with Crippen LogP contribution in [0, 0.1) is 5.92 Å². The largest absolute Gasteiger partial charge is 0.344 e. The quantitative estimate of drug-likeness (QED) is 0.277. The van der Waals surface area contributed by atoms with E-state index in [-0.39, 0.29) is 11.0 Å². The maximum Gasteiger partial charge on any atom is 0.0472 e. The molecule has 124 valence electrons. The average molecular weight is 306 g/mol. The Hall–Kier alpha value is 0.250. The van der Waals surface area contributed by atoms with Crippen molar-refractivity contribution < 1.29 is 0 Å². The molecule has 1 nitrogen and oxygen atoms in total. The monoisotopic (exact) mass is 305 g/mol. The van der Waals surface area contributed by atoms with Crippen LogP contribution < -0.4 is 6.15 Å². The van der Waals surface area contributed by atoms with Gasteiger partial charge in [0.05, 0.1) is 0 Å². The maximum absolute atomic E-state index is 7.04. The number of rotatable bonds is 13. The summed E-state index contributed by atoms with van der Waals surface area (Å²) in [5, 5.41) is 0. The molecule has 0 saturated heterocycles. The van der Waals surface area contributed by atoms with Crippen molar-refractivity contribution in [2.45, 2.75) is 110 Å². The summed E-state index contributed by atoms with van der Waals surface area (Å²) in [6.07, 6.45) is 15.7. The molecule has 1 atom stereocenters. The van der Waals surface area contributed by atoms with Crippen LogP contribution in [0.4, 0.5) is 0 Å². The van der Waals surface area contributed by atoms with Crippen LogP contribution in [0.5, 0.6) is 0 Å². The standard InChI is InChI=1S/C18H37Cl.H3N/c1-5-8-11-14-17(4)18(19,15-12-9-6-2)16-13-10-7-3;/h17H,5-16H2,1-4H3;1H3. The molecule has 0 radical (unpaired) electrons. The van der Waals surface area contributed by atoms with E-state index in [1.807, 2.05) is 0 Å². The Morgan fingerprint density at radius 2 is 1.15 bits per heavy atom. The molecule has 0 heterocycles. The summed E-state index contributed by atoms with van der Waals surface area (Å²) in [4.78, 5) is 0.0814. The topological polar surface area (TPSA) is 35.0 Å². The molecule has 0 aromatic carbocycles. The highest BCUT2D eigenvalue weighted by atomic mass is 35.5. The third-order valence-electron chi connectivity index (χ3n) is 4.52. The van der Waals surface area contributed by atoms with Crippen LogP contribution in [0.2, 0.25) is 0 Å². The first-order valence-electron chi connectivity index (χ1n) is 8.79. The van der Waals surface area contributed by atoms with Gasteiger partial charge in [-0.2, -0.15) is 0 Å². The highest BCUT2D eigenvalue weighted by Crippen LogP contribution is 2.39. The van der Waals surface area contributed by atoms with Crippen molar-refractivity contribution in [2.75, 3.05) is 0 Å². The van der Waals surface area contributed by atoms with Crippen molar-refractivity contribution in [3.8, 4) is 0 Å². The number of alkyl halides is 1. The van der Waals surface area contributed by atoms with Crippen LogP contribution in [-0.4, -0.2) is 4.87 Å². The molecular formula is C18H40ClN. The summed E-state index contributed by atoms with van der Waals surface area (Å²) in [6.45, 7) is 9.22. The van der Waals surface area contributed by atoms with Crippen molar-refractivity contribution in [2.24, 2.45) is 5.92 Å². The summed E-state index contributed by atoms with van der Waals surface area (Å²) < 4.78 is 0. The lowest BCUT2D eigenvalue weighted by atomic mass is 9.81. The van der Waals surface area contributed by atoms with Crippen LogP contribution in [0.15, 0.2) is 0 Å². The predicted molar refractivity (Wildman–Crippen MR) is 95.2 cm³/mol. The Kier molecular flexibility index (Phi) is 16.0. The first kappa shape index (κ1) is 22.5. The van der Waals surface area contributed by atoms with E-state index in [9.17, 15) is 0 Å². The van der Waals surface area contributed by atoms with Gasteiger partial charge in [0, 0.05) is 4.87 Å². The molecule has 0 fully saturated rings. The van der Waals surface area contributed by atoms with E-state index in [1.165, 1.54) is 77.0 Å². The fourth-order valence-corrected chi connectivity index (χ4v) is 3.29. The molecule has 0 aliphatic carbocycles. The first-order chi connectivity index (χ1) is 9.10. The second-order valence-corrected chi connectivity index (χ2v) is 7.10. The van der Waals surface area contributed by atoms with Gasteiger partial charge < -0.3 is 6.15 Å². The smallest absolute Gasteiger partial charge is 0.0472 e. The molecule has 0 aliphatic heterocycles. The van der Waals surface area contributed by atoms with E-state index in [0.29, 0.717) is 5.92 Å². The minimum absolute atomic E-state index is 0. The van der Waals surface area contributed by atoms with E-state index < -0.39 is 0 Å². The van der Waals surface area contributed by atoms with E-state index in [4.69, 9.17) is 11.6 Å². The molecule has 0 aliphatic rings. The number of unbranched alkanes of at least 4 members (excludes halogenated alkanes) is 6. The highest BCUT2D eigenvalue weighted by molar-refractivity contribution is 6.24. The fraction of sp³-hybridized carbons (Fsp3) is 1.00. The zero-order valence-corrected chi connectivity index (χ0v) is 15.4. The molecule has 0 amide bonds. The highest BCUT2D eigenvalue weighted by Gasteiger charge is 2.32. The van der Waals surface area contributed by atoms with E-state index in [1.54, 1.807) is 0 Å². The Labute approximate surface area is 133 Å².